The fraction of sp³-hybridized carbons (Fsp3) is 0.200. The molecular weight excluding hydrogens is 414 g/mol. The Bertz CT molecular complexity index is 933. The molecule has 0 N–H and O–H groups in total. The molecule has 5 nitrogen and oxygen atoms in total. The van der Waals surface area contributed by atoms with Gasteiger partial charge in [-0.2, -0.15) is 0 Å². The van der Waals surface area contributed by atoms with E-state index in [1.165, 1.54) is 11.8 Å². The van der Waals surface area contributed by atoms with Crippen molar-refractivity contribution in [2.45, 2.75) is 4.90 Å². The minimum atomic E-state index is -0.151. The van der Waals surface area contributed by atoms with Crippen LogP contribution < -0.4 is 19.1 Å². The van der Waals surface area contributed by atoms with Gasteiger partial charge in [-0.1, -0.05) is 30.0 Å². The van der Waals surface area contributed by atoms with Crippen LogP contribution in [0, 0.1) is 0 Å². The van der Waals surface area contributed by atoms with E-state index in [0.717, 1.165) is 16.1 Å². The van der Waals surface area contributed by atoms with Crippen LogP contribution in [0.4, 0.5) is 5.69 Å². The van der Waals surface area contributed by atoms with E-state index >= 15 is 0 Å². The lowest BCUT2D eigenvalue weighted by atomic mass is 10.1. The first-order chi connectivity index (χ1) is 13.5. The smallest absolute Gasteiger partial charge is 0.270 e. The molecule has 3 rings (SSSR count). The molecule has 1 saturated heterocycles. The molecule has 0 spiro atoms. The largest absolute Gasteiger partial charge is 0.493 e. The van der Waals surface area contributed by atoms with Gasteiger partial charge in [0.05, 0.1) is 31.9 Å². The normalized spacial score (nSPS) is 15.3. The van der Waals surface area contributed by atoms with Crippen molar-refractivity contribution in [3.05, 3.63) is 46.9 Å². The van der Waals surface area contributed by atoms with Crippen LogP contribution in [0.15, 0.2) is 46.2 Å². The third-order valence-electron chi connectivity index (χ3n) is 4.09. The first-order valence-electron chi connectivity index (χ1n) is 8.24. The van der Waals surface area contributed by atoms with Crippen LogP contribution in [0.25, 0.3) is 6.08 Å². The highest BCUT2D eigenvalue weighted by molar-refractivity contribution is 8.27. The van der Waals surface area contributed by atoms with E-state index < -0.39 is 0 Å². The molecule has 0 aromatic heterocycles. The number of benzene rings is 2. The zero-order valence-electron chi connectivity index (χ0n) is 15.8. The Balaban J connectivity index is 1.98. The summed E-state index contributed by atoms with van der Waals surface area (Å²) in [5.74, 6) is 1.40. The number of hydrogen-bond donors (Lipinski definition) is 0. The highest BCUT2D eigenvalue weighted by Crippen LogP contribution is 2.41. The zero-order chi connectivity index (χ0) is 20.3. The average Bonchev–Trinajstić information content (AvgIpc) is 2.99. The van der Waals surface area contributed by atoms with E-state index in [1.807, 2.05) is 30.5 Å². The average molecular weight is 434 g/mol. The van der Waals surface area contributed by atoms with Crippen molar-refractivity contribution in [3.63, 3.8) is 0 Å². The van der Waals surface area contributed by atoms with Crippen LogP contribution in [0.3, 0.4) is 0 Å². The van der Waals surface area contributed by atoms with Gasteiger partial charge in [0, 0.05) is 4.90 Å². The summed E-state index contributed by atoms with van der Waals surface area (Å²) < 4.78 is 16.6. The summed E-state index contributed by atoms with van der Waals surface area (Å²) in [5, 5.41) is 0. The molecule has 1 aliphatic rings. The fourth-order valence-electron chi connectivity index (χ4n) is 2.78. The van der Waals surface area contributed by atoms with Crippen LogP contribution in [0.2, 0.25) is 0 Å². The van der Waals surface area contributed by atoms with Gasteiger partial charge in [-0.3, -0.25) is 9.69 Å². The van der Waals surface area contributed by atoms with E-state index in [-0.39, 0.29) is 5.91 Å². The Morgan fingerprint density at radius 2 is 1.75 bits per heavy atom. The summed E-state index contributed by atoms with van der Waals surface area (Å²) >= 11 is 8.35. The minimum absolute atomic E-state index is 0.151. The summed E-state index contributed by atoms with van der Waals surface area (Å²) in [5.41, 5.74) is 1.52. The Kier molecular flexibility index (Phi) is 6.53. The highest BCUT2D eigenvalue weighted by Gasteiger charge is 2.33. The van der Waals surface area contributed by atoms with Crippen LogP contribution in [-0.4, -0.2) is 37.8 Å². The molecule has 2 aromatic rings. The lowest BCUT2D eigenvalue weighted by Crippen LogP contribution is -2.27. The van der Waals surface area contributed by atoms with E-state index in [4.69, 9.17) is 26.4 Å². The second-order valence-corrected chi connectivity index (χ2v) is 8.23. The molecule has 1 heterocycles. The molecular formula is C20H19NO4S3. The second kappa shape index (κ2) is 8.89. The van der Waals surface area contributed by atoms with E-state index in [0.29, 0.717) is 26.5 Å². The first-order valence-corrected chi connectivity index (χ1v) is 10.7. The summed E-state index contributed by atoms with van der Waals surface area (Å²) in [4.78, 5) is 16.2. The summed E-state index contributed by atoms with van der Waals surface area (Å²) in [7, 11) is 4.66. The van der Waals surface area contributed by atoms with Gasteiger partial charge in [-0.25, -0.2) is 0 Å². The molecule has 0 unspecified atom stereocenters. The van der Waals surface area contributed by atoms with E-state index in [2.05, 4.69) is 0 Å². The Morgan fingerprint density at radius 1 is 1.07 bits per heavy atom. The lowest BCUT2D eigenvalue weighted by Gasteiger charge is -2.15. The van der Waals surface area contributed by atoms with Gasteiger partial charge in [-0.15, -0.1) is 11.8 Å². The number of ether oxygens (including phenoxy) is 3. The van der Waals surface area contributed by atoms with Gasteiger partial charge in [0.25, 0.3) is 5.91 Å². The molecule has 1 amide bonds. The summed E-state index contributed by atoms with van der Waals surface area (Å²) in [6.07, 6.45) is 3.77. The van der Waals surface area contributed by atoms with Crippen molar-refractivity contribution in [1.82, 2.24) is 0 Å². The minimum Gasteiger partial charge on any atom is -0.493 e. The van der Waals surface area contributed by atoms with Crippen molar-refractivity contribution >= 4 is 57.7 Å². The van der Waals surface area contributed by atoms with Crippen LogP contribution in [0.5, 0.6) is 17.2 Å². The number of thiocarbonyl (C=S) groups is 1. The number of carbonyl (C=O) groups excluding carboxylic acids is 1. The number of nitrogens with zero attached hydrogens (tertiary/aromatic N) is 1. The maximum atomic E-state index is 13.0. The van der Waals surface area contributed by atoms with Crippen molar-refractivity contribution in [1.29, 1.82) is 0 Å². The van der Waals surface area contributed by atoms with Crippen LogP contribution >= 0.6 is 35.7 Å². The SMILES string of the molecule is COc1cc(/C=C2/SC(=S)N(c3cccc(SC)c3)C2=O)cc(OC)c1OC. The van der Waals surface area contributed by atoms with Gasteiger partial charge in [0.15, 0.2) is 15.8 Å². The first kappa shape index (κ1) is 20.6. The summed E-state index contributed by atoms with van der Waals surface area (Å²) in [6.45, 7) is 0. The molecule has 0 bridgehead atoms. The maximum absolute atomic E-state index is 13.0. The van der Waals surface area contributed by atoms with Crippen LogP contribution in [0.1, 0.15) is 5.56 Å². The van der Waals surface area contributed by atoms with Crippen LogP contribution in [-0.2, 0) is 4.79 Å². The third-order valence-corrected chi connectivity index (χ3v) is 6.12. The molecule has 0 aliphatic carbocycles. The highest BCUT2D eigenvalue weighted by atomic mass is 32.2. The van der Waals surface area contributed by atoms with Gasteiger partial charge < -0.3 is 14.2 Å². The molecule has 1 aliphatic heterocycles. The van der Waals surface area contributed by atoms with Gasteiger partial charge in [-0.05, 0) is 48.2 Å². The number of amides is 1. The van der Waals surface area contributed by atoms with Crippen molar-refractivity contribution in [3.8, 4) is 17.2 Å². The monoisotopic (exact) mass is 433 g/mol. The Hall–Kier alpha value is -2.16. The van der Waals surface area contributed by atoms with Gasteiger partial charge >= 0.3 is 0 Å². The molecule has 0 atom stereocenters. The molecule has 0 radical (unpaired) electrons. The molecule has 0 saturated carbocycles. The zero-order valence-corrected chi connectivity index (χ0v) is 18.3. The Labute approximate surface area is 178 Å². The number of methoxy groups -OCH3 is 3. The van der Waals surface area contributed by atoms with Crippen molar-refractivity contribution < 1.29 is 19.0 Å². The predicted molar refractivity (Wildman–Crippen MR) is 120 cm³/mol. The molecule has 2 aromatic carbocycles. The third kappa shape index (κ3) is 3.99. The Morgan fingerprint density at radius 3 is 2.32 bits per heavy atom. The van der Waals surface area contributed by atoms with Gasteiger partial charge in [0.1, 0.15) is 0 Å². The predicted octanol–water partition coefficient (Wildman–Crippen LogP) is 4.84. The molecule has 146 valence electrons. The van der Waals surface area contributed by atoms with E-state index in [1.54, 1.807) is 56.2 Å². The van der Waals surface area contributed by atoms with Gasteiger partial charge in [0.2, 0.25) is 5.75 Å². The van der Waals surface area contributed by atoms with E-state index in [9.17, 15) is 4.79 Å². The number of carbonyl (C=O) groups is 1. The molecule has 1 fully saturated rings. The number of anilines is 1. The lowest BCUT2D eigenvalue weighted by molar-refractivity contribution is -0.113. The summed E-state index contributed by atoms with van der Waals surface area (Å²) in [6, 6.07) is 11.3. The number of thioether (sulfide) groups is 2. The maximum Gasteiger partial charge on any atom is 0.270 e. The quantitative estimate of drug-likeness (QED) is 0.367. The standard InChI is InChI=1S/C20H19NO4S3/c1-23-15-8-12(9-16(24-2)18(15)25-3)10-17-19(22)21(20(26)28-17)13-6-5-7-14(11-13)27-4/h5-11H,1-4H3/b17-10+. The van der Waals surface area contributed by atoms with Crippen molar-refractivity contribution in [2.75, 3.05) is 32.5 Å². The number of hydrogen-bond acceptors (Lipinski definition) is 7. The topological polar surface area (TPSA) is 48.0 Å². The molecule has 28 heavy (non-hydrogen) atoms. The number of rotatable bonds is 6. The molecule has 8 heteroatoms. The fourth-order valence-corrected chi connectivity index (χ4v) is 4.53. The van der Waals surface area contributed by atoms with Crippen molar-refractivity contribution in [2.24, 2.45) is 0 Å². The second-order valence-electron chi connectivity index (χ2n) is 5.68.